The van der Waals surface area contributed by atoms with Crippen LogP contribution in [0.5, 0.6) is 0 Å². The van der Waals surface area contributed by atoms with Crippen molar-refractivity contribution in [3.63, 3.8) is 0 Å². The van der Waals surface area contributed by atoms with E-state index in [0.717, 1.165) is 4.90 Å². The molecule has 7 heteroatoms. The van der Waals surface area contributed by atoms with Gasteiger partial charge in [-0.15, -0.1) is 0 Å². The van der Waals surface area contributed by atoms with Crippen molar-refractivity contribution in [1.29, 1.82) is 0 Å². The maximum Gasteiger partial charge on any atom is 0.310 e. The Hall–Kier alpha value is -1.59. The second-order valence-electron chi connectivity index (χ2n) is 5.16. The van der Waals surface area contributed by atoms with E-state index >= 15 is 0 Å². The predicted octanol–water partition coefficient (Wildman–Crippen LogP) is 2.63. The second kappa shape index (κ2) is 4.75. The van der Waals surface area contributed by atoms with Crippen LogP contribution in [0.4, 0.5) is 5.69 Å². The molecule has 1 amide bonds. The lowest BCUT2D eigenvalue weighted by atomic mass is 9.93. The number of carboxylic acid groups (broad SMARTS) is 1. The van der Waals surface area contributed by atoms with Gasteiger partial charge in [0, 0.05) is 6.54 Å². The molecule has 1 aliphatic heterocycles. The summed E-state index contributed by atoms with van der Waals surface area (Å²) >= 11 is 11.9. The average molecular weight is 316 g/mol. The van der Waals surface area contributed by atoms with Crippen LogP contribution >= 0.6 is 23.2 Å². The maximum absolute atomic E-state index is 12.0. The maximum atomic E-state index is 12.0. The number of Topliss-reactive ketones (excluding diaryl/α,β-unsaturated/α-hetero) is 1. The second-order valence-corrected chi connectivity index (χ2v) is 5.98. The molecule has 2 rings (SSSR count). The number of halogens is 2. The summed E-state index contributed by atoms with van der Waals surface area (Å²) in [5.74, 6) is -2.66. The fraction of sp³-hybridized carbons (Fsp3) is 0.308. The number of amides is 1. The summed E-state index contributed by atoms with van der Waals surface area (Å²) in [6.07, 6.45) is 0. The summed E-state index contributed by atoms with van der Waals surface area (Å²) in [5, 5.41) is 9.45. The van der Waals surface area contributed by atoms with Gasteiger partial charge in [-0.25, -0.2) is 0 Å². The number of rotatable bonds is 3. The van der Waals surface area contributed by atoms with Crippen LogP contribution in [-0.4, -0.2) is 29.3 Å². The van der Waals surface area contributed by atoms with Crippen molar-refractivity contribution in [2.24, 2.45) is 5.41 Å². The molecule has 0 aromatic heterocycles. The predicted molar refractivity (Wildman–Crippen MR) is 74.6 cm³/mol. The van der Waals surface area contributed by atoms with E-state index in [4.69, 9.17) is 28.3 Å². The highest BCUT2D eigenvalue weighted by Gasteiger charge is 2.43. The Kier molecular flexibility index (Phi) is 3.52. The van der Waals surface area contributed by atoms with E-state index in [9.17, 15) is 14.4 Å². The molecule has 1 aromatic rings. The molecular weight excluding hydrogens is 305 g/mol. The summed E-state index contributed by atoms with van der Waals surface area (Å²) in [4.78, 5) is 36.2. The summed E-state index contributed by atoms with van der Waals surface area (Å²) in [6.45, 7) is 2.76. The van der Waals surface area contributed by atoms with Crippen molar-refractivity contribution in [3.05, 3.63) is 27.7 Å². The van der Waals surface area contributed by atoms with Gasteiger partial charge in [0.15, 0.2) is 0 Å². The lowest BCUT2D eigenvalue weighted by molar-refractivity contribution is -0.146. The van der Waals surface area contributed by atoms with Gasteiger partial charge in [0.25, 0.3) is 11.7 Å². The first-order valence-corrected chi connectivity index (χ1v) is 6.50. The van der Waals surface area contributed by atoms with Gasteiger partial charge in [-0.2, -0.15) is 0 Å². The van der Waals surface area contributed by atoms with Gasteiger partial charge < -0.3 is 10.0 Å². The molecule has 0 unspecified atom stereocenters. The monoisotopic (exact) mass is 315 g/mol. The van der Waals surface area contributed by atoms with Crippen LogP contribution in [-0.2, 0) is 9.59 Å². The number of carbonyl (C=O) groups excluding carboxylic acids is 2. The number of ketones is 1. The Bertz CT molecular complexity index is 640. The molecule has 5 nitrogen and oxygen atoms in total. The van der Waals surface area contributed by atoms with Crippen LogP contribution in [0.15, 0.2) is 12.1 Å². The number of anilines is 1. The number of nitrogens with zero attached hydrogens (tertiary/aromatic N) is 1. The number of aliphatic carboxylic acids is 1. The minimum atomic E-state index is -1.22. The van der Waals surface area contributed by atoms with E-state index in [1.165, 1.54) is 26.0 Å². The van der Waals surface area contributed by atoms with E-state index in [0.29, 0.717) is 0 Å². The third-order valence-corrected chi connectivity index (χ3v) is 3.77. The molecule has 0 atom stereocenters. The third kappa shape index (κ3) is 2.17. The molecule has 0 spiro atoms. The zero-order valence-electron chi connectivity index (χ0n) is 10.7. The molecule has 0 saturated carbocycles. The van der Waals surface area contributed by atoms with Crippen LogP contribution in [0.25, 0.3) is 0 Å². The van der Waals surface area contributed by atoms with Gasteiger partial charge in [-0.1, -0.05) is 23.2 Å². The number of hydrogen-bond donors (Lipinski definition) is 1. The molecule has 0 aliphatic carbocycles. The quantitative estimate of drug-likeness (QED) is 0.870. The summed E-state index contributed by atoms with van der Waals surface area (Å²) in [6, 6.07) is 2.90. The van der Waals surface area contributed by atoms with Crippen molar-refractivity contribution >= 4 is 46.5 Å². The van der Waals surface area contributed by atoms with Crippen LogP contribution in [0.2, 0.25) is 10.0 Å². The molecule has 0 radical (unpaired) electrons. The molecular formula is C13H11Cl2NO4. The zero-order valence-corrected chi connectivity index (χ0v) is 12.2. The Morgan fingerprint density at radius 2 is 1.80 bits per heavy atom. The molecule has 0 saturated heterocycles. The van der Waals surface area contributed by atoms with Gasteiger partial charge in [-0.3, -0.25) is 14.4 Å². The summed E-state index contributed by atoms with van der Waals surface area (Å²) in [7, 11) is 0. The molecule has 20 heavy (non-hydrogen) atoms. The van der Waals surface area contributed by atoms with Crippen LogP contribution < -0.4 is 4.90 Å². The number of benzene rings is 1. The van der Waals surface area contributed by atoms with Gasteiger partial charge in [0.2, 0.25) is 0 Å². The highest BCUT2D eigenvalue weighted by atomic mass is 35.5. The molecule has 1 N–H and O–H groups in total. The fourth-order valence-electron chi connectivity index (χ4n) is 1.97. The molecule has 0 bridgehead atoms. The normalized spacial score (nSPS) is 14.7. The first kappa shape index (κ1) is 14.8. The van der Waals surface area contributed by atoms with E-state index in [1.807, 2.05) is 0 Å². The van der Waals surface area contributed by atoms with Gasteiger partial charge in [0.05, 0.1) is 26.7 Å². The molecule has 1 aromatic carbocycles. The van der Waals surface area contributed by atoms with E-state index < -0.39 is 23.1 Å². The minimum absolute atomic E-state index is 0.0327. The number of carboxylic acids is 1. The van der Waals surface area contributed by atoms with Crippen molar-refractivity contribution in [1.82, 2.24) is 0 Å². The number of hydrogen-bond acceptors (Lipinski definition) is 3. The number of carbonyl (C=O) groups is 3. The summed E-state index contributed by atoms with van der Waals surface area (Å²) < 4.78 is 0. The standard InChI is InChI=1S/C13H11Cl2NO4/c1-13(2,12(19)20)5-16-9-7(15)4-3-6(14)8(9)10(17)11(16)18/h3-4H,5H2,1-2H3,(H,19,20). The Morgan fingerprint density at radius 3 is 2.35 bits per heavy atom. The van der Waals surface area contributed by atoms with Crippen molar-refractivity contribution in [3.8, 4) is 0 Å². The van der Waals surface area contributed by atoms with Gasteiger partial charge in [0.1, 0.15) is 0 Å². The first-order chi connectivity index (χ1) is 9.16. The molecule has 0 fully saturated rings. The lowest BCUT2D eigenvalue weighted by Crippen LogP contribution is -2.42. The van der Waals surface area contributed by atoms with E-state index in [-0.39, 0.29) is 27.8 Å². The molecule has 1 aliphatic rings. The highest BCUT2D eigenvalue weighted by Crippen LogP contribution is 2.41. The average Bonchev–Trinajstić information content (AvgIpc) is 2.59. The van der Waals surface area contributed by atoms with Gasteiger partial charge >= 0.3 is 5.97 Å². The minimum Gasteiger partial charge on any atom is -0.481 e. The third-order valence-electron chi connectivity index (χ3n) is 3.15. The molecule has 106 valence electrons. The van der Waals surface area contributed by atoms with Crippen LogP contribution in [0.1, 0.15) is 24.2 Å². The highest BCUT2D eigenvalue weighted by molar-refractivity contribution is 6.57. The molecule has 1 heterocycles. The summed E-state index contributed by atoms with van der Waals surface area (Å²) in [5.41, 5.74) is -1.00. The smallest absolute Gasteiger partial charge is 0.310 e. The lowest BCUT2D eigenvalue weighted by Gasteiger charge is -2.26. The largest absolute Gasteiger partial charge is 0.481 e. The van der Waals surface area contributed by atoms with Gasteiger partial charge in [-0.05, 0) is 26.0 Å². The zero-order chi connectivity index (χ0) is 15.2. The Labute approximate surface area is 125 Å². The van der Waals surface area contributed by atoms with Crippen molar-refractivity contribution in [2.45, 2.75) is 13.8 Å². The van der Waals surface area contributed by atoms with Crippen LogP contribution in [0.3, 0.4) is 0 Å². The topological polar surface area (TPSA) is 74.7 Å². The van der Waals surface area contributed by atoms with E-state index in [2.05, 4.69) is 0 Å². The van der Waals surface area contributed by atoms with Crippen LogP contribution in [0, 0.1) is 5.41 Å². The first-order valence-electron chi connectivity index (χ1n) is 5.74. The SMILES string of the molecule is CC(C)(CN1C(=O)C(=O)c2c(Cl)ccc(Cl)c21)C(=O)O. The number of fused-ring (bicyclic) bond motifs is 1. The Morgan fingerprint density at radius 1 is 1.25 bits per heavy atom. The fourth-order valence-corrected chi connectivity index (χ4v) is 2.46. The van der Waals surface area contributed by atoms with E-state index in [1.54, 1.807) is 0 Å². The van der Waals surface area contributed by atoms with Crippen molar-refractivity contribution in [2.75, 3.05) is 11.4 Å². The van der Waals surface area contributed by atoms with Crippen molar-refractivity contribution < 1.29 is 19.5 Å². The Balaban J connectivity index is 2.54.